The van der Waals surface area contributed by atoms with Gasteiger partial charge in [-0.3, -0.25) is 14.6 Å². The molecule has 1 heterocycles. The maximum atomic E-state index is 12.3. The summed E-state index contributed by atoms with van der Waals surface area (Å²) >= 11 is 0. The molecule has 120 valence electrons. The Balaban J connectivity index is 1.75. The summed E-state index contributed by atoms with van der Waals surface area (Å²) < 4.78 is 5.19. The SMILES string of the molecule is COc1ccc2nc(C)c(C(=O)NCC(=O)NC3CC3)cc2c1. The number of hydrogen-bond acceptors (Lipinski definition) is 4. The van der Waals surface area contributed by atoms with E-state index in [1.165, 1.54) is 0 Å². The zero-order valence-corrected chi connectivity index (χ0v) is 13.2. The van der Waals surface area contributed by atoms with Crippen molar-refractivity contribution >= 4 is 22.7 Å². The van der Waals surface area contributed by atoms with Crippen LogP contribution in [0.15, 0.2) is 24.3 Å². The molecule has 0 saturated heterocycles. The molecular formula is C17H19N3O3. The van der Waals surface area contributed by atoms with E-state index in [2.05, 4.69) is 15.6 Å². The number of aromatic nitrogens is 1. The Morgan fingerprint density at radius 3 is 2.78 bits per heavy atom. The summed E-state index contributed by atoms with van der Waals surface area (Å²) in [5.74, 6) is 0.248. The molecule has 2 aromatic rings. The third-order valence-corrected chi connectivity index (χ3v) is 3.81. The Bertz CT molecular complexity index is 769. The number of benzene rings is 1. The van der Waals surface area contributed by atoms with Crippen molar-refractivity contribution in [3.05, 3.63) is 35.5 Å². The van der Waals surface area contributed by atoms with Crippen molar-refractivity contribution in [2.75, 3.05) is 13.7 Å². The highest BCUT2D eigenvalue weighted by Gasteiger charge is 2.23. The molecule has 1 fully saturated rings. The highest BCUT2D eigenvalue weighted by atomic mass is 16.5. The van der Waals surface area contributed by atoms with Gasteiger partial charge in [-0.2, -0.15) is 0 Å². The van der Waals surface area contributed by atoms with E-state index in [1.54, 1.807) is 20.1 Å². The van der Waals surface area contributed by atoms with E-state index in [4.69, 9.17) is 4.74 Å². The molecule has 1 aliphatic rings. The van der Waals surface area contributed by atoms with Crippen LogP contribution >= 0.6 is 0 Å². The number of carbonyl (C=O) groups excluding carboxylic acids is 2. The lowest BCUT2D eigenvalue weighted by molar-refractivity contribution is -0.120. The van der Waals surface area contributed by atoms with Gasteiger partial charge in [0.05, 0.1) is 30.4 Å². The number of fused-ring (bicyclic) bond motifs is 1. The van der Waals surface area contributed by atoms with Gasteiger partial charge in [-0.15, -0.1) is 0 Å². The van der Waals surface area contributed by atoms with Crippen LogP contribution in [0.3, 0.4) is 0 Å². The van der Waals surface area contributed by atoms with Gasteiger partial charge in [0.2, 0.25) is 5.91 Å². The fourth-order valence-corrected chi connectivity index (χ4v) is 2.37. The second kappa shape index (κ2) is 6.24. The molecule has 0 spiro atoms. The molecule has 0 bridgehead atoms. The third kappa shape index (κ3) is 3.59. The van der Waals surface area contributed by atoms with E-state index in [-0.39, 0.29) is 24.4 Å². The minimum atomic E-state index is -0.300. The van der Waals surface area contributed by atoms with Gasteiger partial charge in [0, 0.05) is 11.4 Å². The Morgan fingerprint density at radius 2 is 2.09 bits per heavy atom. The fraction of sp³-hybridized carbons (Fsp3) is 0.353. The summed E-state index contributed by atoms with van der Waals surface area (Å²) in [6.07, 6.45) is 2.05. The van der Waals surface area contributed by atoms with Crippen LogP contribution in [0.25, 0.3) is 10.9 Å². The molecule has 1 aliphatic carbocycles. The Morgan fingerprint density at radius 1 is 1.30 bits per heavy atom. The first kappa shape index (κ1) is 15.3. The molecule has 1 aromatic carbocycles. The second-order valence-corrected chi connectivity index (χ2v) is 5.70. The normalized spacial score (nSPS) is 13.7. The lowest BCUT2D eigenvalue weighted by atomic mass is 10.1. The Labute approximate surface area is 134 Å². The molecule has 2 N–H and O–H groups in total. The largest absolute Gasteiger partial charge is 0.497 e. The van der Waals surface area contributed by atoms with Gasteiger partial charge in [-0.25, -0.2) is 0 Å². The number of nitrogens with zero attached hydrogens (tertiary/aromatic N) is 1. The number of amides is 2. The number of pyridine rings is 1. The van der Waals surface area contributed by atoms with Crippen LogP contribution in [0.5, 0.6) is 5.75 Å². The van der Waals surface area contributed by atoms with Crippen LogP contribution in [0.1, 0.15) is 28.9 Å². The Hall–Kier alpha value is -2.63. The monoisotopic (exact) mass is 313 g/mol. The molecule has 6 nitrogen and oxygen atoms in total. The van der Waals surface area contributed by atoms with Crippen LogP contribution in [-0.2, 0) is 4.79 Å². The number of hydrogen-bond donors (Lipinski definition) is 2. The van der Waals surface area contributed by atoms with Crippen molar-refractivity contribution in [2.24, 2.45) is 0 Å². The maximum Gasteiger partial charge on any atom is 0.253 e. The fourth-order valence-electron chi connectivity index (χ4n) is 2.37. The van der Waals surface area contributed by atoms with Gasteiger partial charge in [0.15, 0.2) is 0 Å². The molecular weight excluding hydrogens is 294 g/mol. The number of carbonyl (C=O) groups is 2. The van der Waals surface area contributed by atoms with E-state index < -0.39 is 0 Å². The smallest absolute Gasteiger partial charge is 0.253 e. The molecule has 6 heteroatoms. The van der Waals surface area contributed by atoms with Gasteiger partial charge in [-0.1, -0.05) is 0 Å². The second-order valence-electron chi connectivity index (χ2n) is 5.70. The van der Waals surface area contributed by atoms with E-state index >= 15 is 0 Å². The third-order valence-electron chi connectivity index (χ3n) is 3.81. The first-order valence-electron chi connectivity index (χ1n) is 7.60. The average molecular weight is 313 g/mol. The molecule has 2 amide bonds. The van der Waals surface area contributed by atoms with E-state index in [0.717, 1.165) is 23.7 Å². The quantitative estimate of drug-likeness (QED) is 0.878. The first-order valence-corrected chi connectivity index (χ1v) is 7.60. The first-order chi connectivity index (χ1) is 11.1. The number of nitrogens with one attached hydrogen (secondary N) is 2. The lowest BCUT2D eigenvalue weighted by Crippen LogP contribution is -2.38. The van der Waals surface area contributed by atoms with Crippen molar-refractivity contribution < 1.29 is 14.3 Å². The highest BCUT2D eigenvalue weighted by Crippen LogP contribution is 2.22. The predicted octanol–water partition coefficient (Wildman–Crippen LogP) is 1.56. The number of methoxy groups -OCH3 is 1. The van der Waals surface area contributed by atoms with Gasteiger partial charge < -0.3 is 15.4 Å². The van der Waals surface area contributed by atoms with E-state index in [9.17, 15) is 9.59 Å². The van der Waals surface area contributed by atoms with Crippen molar-refractivity contribution in [1.29, 1.82) is 0 Å². The van der Waals surface area contributed by atoms with E-state index in [1.807, 2.05) is 18.2 Å². The van der Waals surface area contributed by atoms with Gasteiger partial charge in [0.25, 0.3) is 5.91 Å². The number of ether oxygens (including phenoxy) is 1. The minimum absolute atomic E-state index is 0.0229. The van der Waals surface area contributed by atoms with Crippen LogP contribution in [0.2, 0.25) is 0 Å². The maximum absolute atomic E-state index is 12.3. The molecule has 0 unspecified atom stereocenters. The van der Waals surface area contributed by atoms with Crippen molar-refractivity contribution in [2.45, 2.75) is 25.8 Å². The summed E-state index contributed by atoms with van der Waals surface area (Å²) in [6.45, 7) is 1.76. The van der Waals surface area contributed by atoms with Crippen molar-refractivity contribution in [3.8, 4) is 5.75 Å². The summed E-state index contributed by atoms with van der Waals surface area (Å²) in [6, 6.07) is 7.57. The van der Waals surface area contributed by atoms with Crippen LogP contribution in [-0.4, -0.2) is 36.5 Å². The zero-order valence-electron chi connectivity index (χ0n) is 13.2. The van der Waals surface area contributed by atoms with Crippen molar-refractivity contribution in [3.63, 3.8) is 0 Å². The van der Waals surface area contributed by atoms with Gasteiger partial charge in [-0.05, 0) is 44.0 Å². The topological polar surface area (TPSA) is 80.3 Å². The van der Waals surface area contributed by atoms with Gasteiger partial charge in [0.1, 0.15) is 5.75 Å². The molecule has 1 saturated carbocycles. The highest BCUT2D eigenvalue weighted by molar-refractivity contribution is 6.00. The summed E-state index contributed by atoms with van der Waals surface area (Å²) in [7, 11) is 1.59. The number of rotatable bonds is 5. The van der Waals surface area contributed by atoms with Gasteiger partial charge >= 0.3 is 0 Å². The Kier molecular flexibility index (Phi) is 4.14. The van der Waals surface area contributed by atoms with E-state index in [0.29, 0.717) is 17.0 Å². The average Bonchev–Trinajstić information content (AvgIpc) is 3.35. The van der Waals surface area contributed by atoms with Crippen LogP contribution < -0.4 is 15.4 Å². The standard InChI is InChI=1S/C17H19N3O3/c1-10-14(17(22)18-9-16(21)20-12-3-4-12)8-11-7-13(23-2)5-6-15(11)19-10/h5-8,12H,3-4,9H2,1-2H3,(H,18,22)(H,20,21). The minimum Gasteiger partial charge on any atom is -0.497 e. The predicted molar refractivity (Wildman–Crippen MR) is 86.5 cm³/mol. The number of aryl methyl sites for hydroxylation is 1. The molecule has 3 rings (SSSR count). The summed E-state index contributed by atoms with van der Waals surface area (Å²) in [5.41, 5.74) is 1.89. The summed E-state index contributed by atoms with van der Waals surface area (Å²) in [4.78, 5) is 28.4. The molecule has 0 atom stereocenters. The molecule has 0 radical (unpaired) electrons. The van der Waals surface area contributed by atoms with Crippen LogP contribution in [0, 0.1) is 6.92 Å². The van der Waals surface area contributed by atoms with Crippen molar-refractivity contribution in [1.82, 2.24) is 15.6 Å². The van der Waals surface area contributed by atoms with Crippen LogP contribution in [0.4, 0.5) is 0 Å². The molecule has 0 aliphatic heterocycles. The molecule has 23 heavy (non-hydrogen) atoms. The molecule has 1 aromatic heterocycles. The lowest BCUT2D eigenvalue weighted by Gasteiger charge is -2.09. The summed E-state index contributed by atoms with van der Waals surface area (Å²) in [5, 5.41) is 6.30. The zero-order chi connectivity index (χ0) is 16.4.